The zero-order chi connectivity index (χ0) is 17.5. The largest absolute Gasteiger partial charge is 0.378 e. The molecular formula is C20H25N3O2. The maximum absolute atomic E-state index is 12.2. The summed E-state index contributed by atoms with van der Waals surface area (Å²) in [5, 5.41) is 3.03. The molecule has 1 amide bonds. The van der Waals surface area contributed by atoms with E-state index in [0.717, 1.165) is 44.1 Å². The SMILES string of the molecule is Cc1cccc(CCC(=O)NCc2cccnc2N2CCOCC2)c1. The van der Waals surface area contributed by atoms with E-state index in [1.807, 2.05) is 18.2 Å². The number of aryl methyl sites for hydroxylation is 2. The minimum absolute atomic E-state index is 0.0679. The highest BCUT2D eigenvalue weighted by atomic mass is 16.5. The summed E-state index contributed by atoms with van der Waals surface area (Å²) in [7, 11) is 0. The molecule has 1 aromatic carbocycles. The Balaban J connectivity index is 1.53. The average Bonchev–Trinajstić information content (AvgIpc) is 2.66. The van der Waals surface area contributed by atoms with Gasteiger partial charge in [-0.1, -0.05) is 35.9 Å². The number of benzene rings is 1. The van der Waals surface area contributed by atoms with Crippen LogP contribution in [0, 0.1) is 6.92 Å². The number of nitrogens with zero attached hydrogens (tertiary/aromatic N) is 2. The molecule has 0 radical (unpaired) electrons. The van der Waals surface area contributed by atoms with Gasteiger partial charge < -0.3 is 15.0 Å². The summed E-state index contributed by atoms with van der Waals surface area (Å²) in [4.78, 5) is 18.9. The molecule has 0 unspecified atom stereocenters. The van der Waals surface area contributed by atoms with E-state index in [-0.39, 0.29) is 5.91 Å². The van der Waals surface area contributed by atoms with Crippen LogP contribution in [0.3, 0.4) is 0 Å². The predicted molar refractivity (Wildman–Crippen MR) is 98.6 cm³/mol. The third-order valence-electron chi connectivity index (χ3n) is 4.38. The summed E-state index contributed by atoms with van der Waals surface area (Å²) in [5.74, 6) is 1.02. The number of nitrogens with one attached hydrogen (secondary N) is 1. The van der Waals surface area contributed by atoms with Crippen molar-refractivity contribution in [1.82, 2.24) is 10.3 Å². The van der Waals surface area contributed by atoms with Crippen molar-refractivity contribution in [2.24, 2.45) is 0 Å². The number of hydrogen-bond donors (Lipinski definition) is 1. The summed E-state index contributed by atoms with van der Waals surface area (Å²) < 4.78 is 5.40. The van der Waals surface area contributed by atoms with Gasteiger partial charge in [-0.15, -0.1) is 0 Å². The van der Waals surface area contributed by atoms with E-state index in [0.29, 0.717) is 13.0 Å². The minimum atomic E-state index is 0.0679. The summed E-state index contributed by atoms with van der Waals surface area (Å²) in [6, 6.07) is 12.2. The van der Waals surface area contributed by atoms with Crippen molar-refractivity contribution in [2.45, 2.75) is 26.3 Å². The van der Waals surface area contributed by atoms with Crippen LogP contribution in [0.4, 0.5) is 5.82 Å². The van der Waals surface area contributed by atoms with E-state index in [1.165, 1.54) is 11.1 Å². The van der Waals surface area contributed by atoms with Crippen LogP contribution in [0.5, 0.6) is 0 Å². The molecule has 2 aromatic rings. The minimum Gasteiger partial charge on any atom is -0.378 e. The molecule has 132 valence electrons. The standard InChI is InChI=1S/C20H25N3O2/c1-16-4-2-5-17(14-16)7-8-19(24)22-15-18-6-3-9-21-20(18)23-10-12-25-13-11-23/h2-6,9,14H,7-8,10-13,15H2,1H3,(H,22,24). The summed E-state index contributed by atoms with van der Waals surface area (Å²) in [5.41, 5.74) is 3.47. The third-order valence-corrected chi connectivity index (χ3v) is 4.38. The number of pyridine rings is 1. The molecule has 25 heavy (non-hydrogen) atoms. The molecule has 0 bridgehead atoms. The van der Waals surface area contributed by atoms with Gasteiger partial charge in [0, 0.05) is 37.8 Å². The maximum Gasteiger partial charge on any atom is 0.220 e. The van der Waals surface area contributed by atoms with Crippen molar-refractivity contribution in [1.29, 1.82) is 0 Å². The van der Waals surface area contributed by atoms with Gasteiger partial charge in [-0.25, -0.2) is 4.98 Å². The molecule has 0 saturated carbocycles. The first-order valence-electron chi connectivity index (χ1n) is 8.81. The monoisotopic (exact) mass is 339 g/mol. The lowest BCUT2D eigenvalue weighted by atomic mass is 10.1. The summed E-state index contributed by atoms with van der Waals surface area (Å²) in [6.07, 6.45) is 3.06. The molecule has 2 heterocycles. The molecule has 1 aliphatic heterocycles. The predicted octanol–water partition coefficient (Wildman–Crippen LogP) is 2.48. The summed E-state index contributed by atoms with van der Waals surface area (Å²) in [6.45, 7) is 5.70. The van der Waals surface area contributed by atoms with Gasteiger partial charge in [0.15, 0.2) is 0 Å². The van der Waals surface area contributed by atoms with Gasteiger partial charge >= 0.3 is 0 Å². The Morgan fingerprint density at radius 2 is 2.08 bits per heavy atom. The molecule has 0 atom stereocenters. The number of anilines is 1. The van der Waals surface area contributed by atoms with E-state index in [9.17, 15) is 4.79 Å². The van der Waals surface area contributed by atoms with Crippen LogP contribution < -0.4 is 10.2 Å². The van der Waals surface area contributed by atoms with Gasteiger partial charge in [-0.3, -0.25) is 4.79 Å². The number of carbonyl (C=O) groups is 1. The number of carbonyl (C=O) groups excluding carboxylic acids is 1. The van der Waals surface area contributed by atoms with Crippen molar-refractivity contribution < 1.29 is 9.53 Å². The van der Waals surface area contributed by atoms with Crippen LogP contribution >= 0.6 is 0 Å². The van der Waals surface area contributed by atoms with E-state index in [4.69, 9.17) is 4.74 Å². The Kier molecular flexibility index (Phi) is 6.01. The molecule has 1 aromatic heterocycles. The van der Waals surface area contributed by atoms with Gasteiger partial charge in [0.25, 0.3) is 0 Å². The van der Waals surface area contributed by atoms with Crippen LogP contribution in [-0.4, -0.2) is 37.2 Å². The van der Waals surface area contributed by atoms with Crippen molar-refractivity contribution >= 4 is 11.7 Å². The van der Waals surface area contributed by atoms with E-state index in [2.05, 4.69) is 40.3 Å². The molecule has 0 spiro atoms. The maximum atomic E-state index is 12.2. The molecule has 1 aliphatic rings. The van der Waals surface area contributed by atoms with E-state index >= 15 is 0 Å². The van der Waals surface area contributed by atoms with Crippen LogP contribution in [0.15, 0.2) is 42.6 Å². The number of rotatable bonds is 6. The molecule has 5 heteroatoms. The smallest absolute Gasteiger partial charge is 0.220 e. The molecule has 3 rings (SSSR count). The molecule has 1 N–H and O–H groups in total. The third kappa shape index (κ3) is 5.03. The van der Waals surface area contributed by atoms with Gasteiger partial charge in [0.1, 0.15) is 5.82 Å². The van der Waals surface area contributed by atoms with Crippen molar-refractivity contribution in [3.05, 3.63) is 59.3 Å². The Morgan fingerprint density at radius 1 is 1.24 bits per heavy atom. The Hall–Kier alpha value is -2.40. The van der Waals surface area contributed by atoms with Crippen LogP contribution in [0.2, 0.25) is 0 Å². The van der Waals surface area contributed by atoms with Crippen molar-refractivity contribution in [2.75, 3.05) is 31.2 Å². The van der Waals surface area contributed by atoms with Crippen LogP contribution in [-0.2, 0) is 22.5 Å². The van der Waals surface area contributed by atoms with Crippen LogP contribution in [0.1, 0.15) is 23.1 Å². The van der Waals surface area contributed by atoms with E-state index in [1.54, 1.807) is 6.20 Å². The first-order valence-corrected chi connectivity index (χ1v) is 8.81. The lowest BCUT2D eigenvalue weighted by Gasteiger charge is -2.29. The second-order valence-corrected chi connectivity index (χ2v) is 6.35. The highest BCUT2D eigenvalue weighted by Crippen LogP contribution is 2.18. The number of aromatic nitrogens is 1. The molecule has 0 aliphatic carbocycles. The van der Waals surface area contributed by atoms with Gasteiger partial charge in [0.05, 0.1) is 13.2 Å². The number of ether oxygens (including phenoxy) is 1. The average molecular weight is 339 g/mol. The lowest BCUT2D eigenvalue weighted by molar-refractivity contribution is -0.121. The lowest BCUT2D eigenvalue weighted by Crippen LogP contribution is -2.37. The molecule has 1 saturated heterocycles. The zero-order valence-electron chi connectivity index (χ0n) is 14.7. The van der Waals surface area contributed by atoms with Crippen molar-refractivity contribution in [3.8, 4) is 0 Å². The Morgan fingerprint density at radius 3 is 2.88 bits per heavy atom. The number of amides is 1. The topological polar surface area (TPSA) is 54.5 Å². The fourth-order valence-corrected chi connectivity index (χ4v) is 3.04. The van der Waals surface area contributed by atoms with Gasteiger partial charge in [-0.2, -0.15) is 0 Å². The quantitative estimate of drug-likeness (QED) is 0.878. The highest BCUT2D eigenvalue weighted by Gasteiger charge is 2.16. The molecular weight excluding hydrogens is 314 g/mol. The number of hydrogen-bond acceptors (Lipinski definition) is 4. The Labute approximate surface area is 149 Å². The van der Waals surface area contributed by atoms with Gasteiger partial charge in [-0.05, 0) is 25.0 Å². The fourth-order valence-electron chi connectivity index (χ4n) is 3.04. The fraction of sp³-hybridized carbons (Fsp3) is 0.400. The number of morpholine rings is 1. The van der Waals surface area contributed by atoms with Crippen molar-refractivity contribution in [3.63, 3.8) is 0 Å². The second-order valence-electron chi connectivity index (χ2n) is 6.35. The highest BCUT2D eigenvalue weighted by molar-refractivity contribution is 5.76. The summed E-state index contributed by atoms with van der Waals surface area (Å²) >= 11 is 0. The first-order chi connectivity index (χ1) is 12.2. The first kappa shape index (κ1) is 17.4. The normalized spacial score (nSPS) is 14.4. The Bertz CT molecular complexity index is 712. The van der Waals surface area contributed by atoms with Gasteiger partial charge in [0.2, 0.25) is 5.91 Å². The second kappa shape index (κ2) is 8.62. The molecule has 1 fully saturated rings. The van der Waals surface area contributed by atoms with Crippen LogP contribution in [0.25, 0.3) is 0 Å². The zero-order valence-corrected chi connectivity index (χ0v) is 14.7. The van der Waals surface area contributed by atoms with E-state index < -0.39 is 0 Å². The molecule has 5 nitrogen and oxygen atoms in total.